The van der Waals surface area contributed by atoms with Gasteiger partial charge in [-0.05, 0) is 76.1 Å². The van der Waals surface area contributed by atoms with Crippen LogP contribution >= 0.6 is 0 Å². The lowest BCUT2D eigenvalue weighted by atomic mass is 10.0. The largest absolute Gasteiger partial charge is 0.370 e. The maximum atomic E-state index is 14.0. The maximum absolute atomic E-state index is 14.0. The second-order valence-corrected chi connectivity index (χ2v) is 14.3. The van der Waals surface area contributed by atoms with Crippen molar-refractivity contribution in [2.45, 2.75) is 81.8 Å². The first kappa shape index (κ1) is 52.9. The van der Waals surface area contributed by atoms with E-state index in [4.69, 9.17) is 51.6 Å². The van der Waals surface area contributed by atoms with Gasteiger partial charge in [0.1, 0.15) is 30.5 Å². The Morgan fingerprint density at radius 1 is 0.547 bits per heavy atom. The van der Waals surface area contributed by atoms with Crippen LogP contribution in [0.4, 0.5) is 11.4 Å². The van der Waals surface area contributed by atoms with Crippen LogP contribution in [0.15, 0.2) is 33.2 Å². The van der Waals surface area contributed by atoms with E-state index in [9.17, 15) is 33.6 Å². The molecule has 1 aromatic carbocycles. The summed E-state index contributed by atoms with van der Waals surface area (Å²) >= 11 is 0. The minimum absolute atomic E-state index is 0.0191. The van der Waals surface area contributed by atoms with Crippen LogP contribution in [0.3, 0.4) is 0 Å². The molecule has 0 aliphatic carbocycles. The van der Waals surface area contributed by atoms with Crippen LogP contribution < -0.4 is 105 Å². The molecule has 0 spiro atoms. The zero-order chi connectivity index (χ0) is 47.6. The number of rotatable bonds is 30. The van der Waals surface area contributed by atoms with Crippen molar-refractivity contribution in [1.82, 2.24) is 42.8 Å². The van der Waals surface area contributed by atoms with E-state index in [1.165, 1.54) is 0 Å². The number of hydrazine groups is 2. The Bertz CT molecular complexity index is 1830. The zero-order valence-corrected chi connectivity index (χ0v) is 35.4. The summed E-state index contributed by atoms with van der Waals surface area (Å²) in [6.07, 6.45) is 0.0760. The molecule has 1 heterocycles. The van der Waals surface area contributed by atoms with Crippen LogP contribution in [0.5, 0.6) is 0 Å². The number of aliphatic imine (C=N–C) groups is 3. The van der Waals surface area contributed by atoms with Gasteiger partial charge in [0.05, 0.1) is 24.5 Å². The molecule has 29 nitrogen and oxygen atoms in total. The van der Waals surface area contributed by atoms with Crippen molar-refractivity contribution >= 4 is 70.6 Å². The van der Waals surface area contributed by atoms with Gasteiger partial charge in [0.25, 0.3) is 5.91 Å². The fourth-order valence-corrected chi connectivity index (χ4v) is 5.81. The van der Waals surface area contributed by atoms with E-state index in [-0.39, 0.29) is 101 Å². The molecule has 0 radical (unpaired) electrons. The number of guanidine groups is 3. The highest BCUT2D eigenvalue weighted by molar-refractivity contribution is 5.99. The Morgan fingerprint density at radius 3 is 1.50 bits per heavy atom. The van der Waals surface area contributed by atoms with Crippen molar-refractivity contribution in [2.75, 3.05) is 50.1 Å². The van der Waals surface area contributed by atoms with Gasteiger partial charge in [-0.25, -0.2) is 0 Å². The minimum atomic E-state index is -1.33. The van der Waals surface area contributed by atoms with Crippen LogP contribution in [0, 0.1) is 0 Å². The summed E-state index contributed by atoms with van der Waals surface area (Å²) in [4.78, 5) is 104. The topological polar surface area (TPSA) is 511 Å². The van der Waals surface area contributed by atoms with Gasteiger partial charge in [0.15, 0.2) is 17.9 Å². The Balaban J connectivity index is 2.21. The molecule has 0 unspecified atom stereocenters. The molecule has 0 fully saturated rings. The fraction of sp³-hybridized carbons (Fsp3) is 0.543. The van der Waals surface area contributed by atoms with Gasteiger partial charge in [-0.1, -0.05) is 0 Å². The smallest absolute Gasteiger partial charge is 0.251 e. The van der Waals surface area contributed by atoms with Crippen molar-refractivity contribution < 1.29 is 33.6 Å². The molecule has 0 bridgehead atoms. The summed E-state index contributed by atoms with van der Waals surface area (Å²) in [5, 5.41) is 18.0. The molecule has 1 aromatic rings. The molecule has 356 valence electrons. The van der Waals surface area contributed by atoms with Gasteiger partial charge >= 0.3 is 0 Å². The number of fused-ring (bicyclic) bond motifs is 1. The molecular weight excluding hydrogens is 841 g/mol. The lowest BCUT2D eigenvalue weighted by molar-refractivity contribution is -0.134. The van der Waals surface area contributed by atoms with Gasteiger partial charge in [-0.15, -0.1) is 5.53 Å². The van der Waals surface area contributed by atoms with Gasteiger partial charge in [-0.2, -0.15) is 0 Å². The summed E-state index contributed by atoms with van der Waals surface area (Å²) in [7, 11) is 0. The first-order valence-electron chi connectivity index (χ1n) is 20.2. The van der Waals surface area contributed by atoms with Crippen LogP contribution in [-0.2, 0) is 28.8 Å². The van der Waals surface area contributed by atoms with Gasteiger partial charge in [0.2, 0.25) is 35.4 Å². The molecule has 7 amide bonds. The predicted molar refractivity (Wildman–Crippen MR) is 238 cm³/mol. The van der Waals surface area contributed by atoms with E-state index >= 15 is 0 Å². The molecule has 64 heavy (non-hydrogen) atoms. The number of anilines is 2. The summed E-state index contributed by atoms with van der Waals surface area (Å²) < 4.78 is 0. The number of carbonyl (C=O) groups excluding carboxylic acids is 7. The van der Waals surface area contributed by atoms with Gasteiger partial charge in [-0.3, -0.25) is 53.9 Å². The van der Waals surface area contributed by atoms with Crippen molar-refractivity contribution in [3.05, 3.63) is 23.8 Å². The Hall–Kier alpha value is -7.24. The standard InChI is InChI=1S/C35H64N22O7/c36-27(60)20(5-1-11-45-32(37)38)52-30(63)22(7-3-13-47-34(41)42)54-31(64)23(8-4-14-48-35(43)44)53-29(62)21(6-2-12-46-33(39)40)51-26(59)17-49-25(58)16-50-28(61)18-9-10-19-24(15-18)56-57-55-19/h9-10,15,20-23,34,47,55-57H,1-8,11-14,16-17,41-42H2,(H2,36,60)(H,49,58)(H,50,61)(H,51,59)(H,52,63)(H,53,62)(H,54,64)(H4,37,38,45)(H4,39,40,46)(H4,43,44,48)/t20-,21-,22-,23-/m0/s1. The SMILES string of the molecule is NC(=O)[C@H](CCCN=C(N)N)NC(=O)[C@H](CCCNC(N)N)NC(=O)[C@H](CCCN=C(N)N)NC(=O)[C@H](CCCN=C(N)N)NC(=O)CNC(=O)CNC(=O)c1ccc2c(c1)NNN2. The summed E-state index contributed by atoms with van der Waals surface area (Å²) in [6, 6.07) is -0.246. The Morgan fingerprint density at radius 2 is 1.00 bits per heavy atom. The third-order valence-corrected chi connectivity index (χ3v) is 8.99. The van der Waals surface area contributed by atoms with Crippen molar-refractivity contribution in [3.8, 4) is 0 Å². The lowest BCUT2D eigenvalue weighted by Crippen LogP contribution is -2.58. The highest BCUT2D eigenvalue weighted by atomic mass is 16.2. The van der Waals surface area contributed by atoms with Crippen LogP contribution in [0.1, 0.15) is 61.7 Å². The molecule has 2 rings (SSSR count). The Labute approximate surface area is 368 Å². The number of nitrogens with one attached hydrogen (secondary N) is 10. The number of benzene rings is 1. The molecule has 0 saturated heterocycles. The first-order valence-corrected chi connectivity index (χ1v) is 20.2. The van der Waals surface area contributed by atoms with Crippen LogP contribution in [0.2, 0.25) is 0 Å². The van der Waals surface area contributed by atoms with E-state index in [2.05, 4.69) is 68.6 Å². The molecule has 0 aromatic heterocycles. The van der Waals surface area contributed by atoms with Gasteiger partial charge < -0.3 is 94.4 Å². The predicted octanol–water partition coefficient (Wildman–Crippen LogP) is -8.05. The fourth-order valence-electron chi connectivity index (χ4n) is 5.81. The molecule has 0 saturated carbocycles. The average Bonchev–Trinajstić information content (AvgIpc) is 3.71. The molecular formula is C35H64N22O7. The average molecular weight is 905 g/mol. The van der Waals surface area contributed by atoms with Crippen molar-refractivity contribution in [1.29, 1.82) is 0 Å². The number of carbonyl (C=O) groups is 7. The van der Waals surface area contributed by atoms with E-state index < -0.39 is 84.9 Å². The van der Waals surface area contributed by atoms with E-state index in [0.717, 1.165) is 5.69 Å². The number of hydrogen-bond donors (Lipinski definition) is 19. The maximum Gasteiger partial charge on any atom is 0.251 e. The summed E-state index contributed by atoms with van der Waals surface area (Å²) in [6.45, 7) is -0.511. The summed E-state index contributed by atoms with van der Waals surface area (Å²) in [5.41, 5.74) is 59.2. The minimum Gasteiger partial charge on any atom is -0.370 e. The monoisotopic (exact) mass is 905 g/mol. The number of primary amides is 1. The molecule has 1 aliphatic heterocycles. The number of amides is 7. The quantitative estimate of drug-likeness (QED) is 0.0147. The molecule has 29 heteroatoms. The van der Waals surface area contributed by atoms with Crippen molar-refractivity contribution in [3.63, 3.8) is 0 Å². The normalized spacial score (nSPS) is 13.2. The second-order valence-electron chi connectivity index (χ2n) is 14.3. The highest BCUT2D eigenvalue weighted by Crippen LogP contribution is 2.25. The third-order valence-electron chi connectivity index (χ3n) is 8.99. The number of nitrogens with two attached hydrogens (primary N) is 9. The first-order chi connectivity index (χ1) is 30.4. The molecule has 4 atom stereocenters. The van der Waals surface area contributed by atoms with Crippen molar-refractivity contribution in [2.24, 2.45) is 66.6 Å². The van der Waals surface area contributed by atoms with E-state index in [0.29, 0.717) is 5.69 Å². The Kier molecular flexibility index (Phi) is 23.5. The van der Waals surface area contributed by atoms with Crippen LogP contribution in [0.25, 0.3) is 0 Å². The number of hydrogen-bond acceptors (Lipinski definition) is 16. The molecule has 1 aliphatic rings. The van der Waals surface area contributed by atoms with E-state index in [1.54, 1.807) is 18.2 Å². The molecule has 28 N–H and O–H groups in total. The lowest BCUT2D eigenvalue weighted by Gasteiger charge is -2.26. The third kappa shape index (κ3) is 21.5. The zero-order valence-electron chi connectivity index (χ0n) is 35.4. The van der Waals surface area contributed by atoms with Crippen LogP contribution in [-0.4, -0.2) is 129 Å². The van der Waals surface area contributed by atoms with Gasteiger partial charge in [0, 0.05) is 25.2 Å². The summed E-state index contributed by atoms with van der Waals surface area (Å²) in [5.74, 6) is -5.83. The van der Waals surface area contributed by atoms with E-state index in [1.807, 2.05) is 0 Å². The number of nitrogens with zero attached hydrogens (tertiary/aromatic N) is 3. The highest BCUT2D eigenvalue weighted by Gasteiger charge is 2.31. The second kappa shape index (κ2) is 28.4.